The van der Waals surface area contributed by atoms with Gasteiger partial charge >= 0.3 is 6.09 Å². The van der Waals surface area contributed by atoms with Crippen molar-refractivity contribution in [3.8, 4) is 0 Å². The molecule has 2 atom stereocenters. The Morgan fingerprint density at radius 1 is 1.43 bits per heavy atom. The molecule has 1 amide bonds. The van der Waals surface area contributed by atoms with Gasteiger partial charge in [0.25, 0.3) is 0 Å². The number of β-amino-alcohol motifs (C(OH)–C–C–N with tert-alkyl or cyclic N) is 1. The number of hydrogen-bond acceptors (Lipinski definition) is 3. The maximum atomic E-state index is 12.6. The van der Waals surface area contributed by atoms with Gasteiger partial charge in [0.15, 0.2) is 0 Å². The van der Waals surface area contributed by atoms with Gasteiger partial charge in [-0.05, 0) is 64.3 Å². The normalized spacial score (nSPS) is 25.3. The molecule has 6 heteroatoms. The van der Waals surface area contributed by atoms with Crippen LogP contribution in [0.4, 0.5) is 4.79 Å². The van der Waals surface area contributed by atoms with Gasteiger partial charge in [0, 0.05) is 9.50 Å². The molecule has 1 aliphatic rings. The molecule has 1 aromatic rings. The van der Waals surface area contributed by atoms with E-state index in [0.29, 0.717) is 17.9 Å². The van der Waals surface area contributed by atoms with Crippen molar-refractivity contribution in [1.82, 2.24) is 4.90 Å². The van der Waals surface area contributed by atoms with Crippen LogP contribution in [-0.4, -0.2) is 33.8 Å². The van der Waals surface area contributed by atoms with E-state index in [9.17, 15) is 9.90 Å². The molecule has 0 aromatic heterocycles. The molecule has 4 nitrogen and oxygen atoms in total. The van der Waals surface area contributed by atoms with Crippen molar-refractivity contribution in [1.29, 1.82) is 0 Å². The fourth-order valence-electron chi connectivity index (χ4n) is 2.79. The van der Waals surface area contributed by atoms with E-state index in [1.165, 1.54) is 0 Å². The first-order valence-electron chi connectivity index (χ1n) is 7.65. The standard InChI is InChI=1S/C17H23BrClNO3/c1-16(2,3)23-15(21)20-10-17(4,22)6-5-14(20)11-7-12(18)9-13(19)8-11/h7-9,14,22H,5-6,10H2,1-4H3/t14-,17+/m0/s1. The molecular weight excluding hydrogens is 382 g/mol. The molecule has 1 N–H and O–H groups in total. The summed E-state index contributed by atoms with van der Waals surface area (Å²) in [5.74, 6) is 0. The highest BCUT2D eigenvalue weighted by Gasteiger charge is 2.39. The van der Waals surface area contributed by atoms with Crippen LogP contribution >= 0.6 is 27.5 Å². The van der Waals surface area contributed by atoms with E-state index >= 15 is 0 Å². The van der Waals surface area contributed by atoms with E-state index in [4.69, 9.17) is 16.3 Å². The lowest BCUT2D eigenvalue weighted by molar-refractivity contribution is -0.0519. The molecule has 1 aliphatic heterocycles. The second-order valence-electron chi connectivity index (χ2n) is 7.36. The molecule has 0 spiro atoms. The number of ether oxygens (including phenoxy) is 1. The van der Waals surface area contributed by atoms with E-state index in [1.54, 1.807) is 11.8 Å². The highest BCUT2D eigenvalue weighted by molar-refractivity contribution is 9.10. The van der Waals surface area contributed by atoms with Crippen LogP contribution < -0.4 is 0 Å². The zero-order chi connectivity index (χ0) is 17.4. The van der Waals surface area contributed by atoms with Crippen LogP contribution in [-0.2, 0) is 4.74 Å². The second-order valence-corrected chi connectivity index (χ2v) is 8.71. The van der Waals surface area contributed by atoms with Gasteiger partial charge in [-0.3, -0.25) is 4.90 Å². The molecule has 1 saturated heterocycles. The Labute approximate surface area is 150 Å². The van der Waals surface area contributed by atoms with Gasteiger partial charge in [-0.1, -0.05) is 27.5 Å². The van der Waals surface area contributed by atoms with Gasteiger partial charge in [0.2, 0.25) is 0 Å². The minimum atomic E-state index is -0.913. The number of benzene rings is 1. The number of aliphatic hydroxyl groups is 1. The predicted octanol–water partition coefficient (Wildman–Crippen LogP) is 4.93. The Balaban J connectivity index is 2.33. The number of piperidine rings is 1. The molecule has 0 unspecified atom stereocenters. The number of nitrogens with zero attached hydrogens (tertiary/aromatic N) is 1. The summed E-state index contributed by atoms with van der Waals surface area (Å²) in [6.45, 7) is 7.47. The highest BCUT2D eigenvalue weighted by atomic mass is 79.9. The monoisotopic (exact) mass is 403 g/mol. The smallest absolute Gasteiger partial charge is 0.410 e. The third-order valence-corrected chi connectivity index (χ3v) is 4.42. The van der Waals surface area contributed by atoms with E-state index in [2.05, 4.69) is 15.9 Å². The molecule has 0 saturated carbocycles. The zero-order valence-corrected chi connectivity index (χ0v) is 16.2. The van der Waals surface area contributed by atoms with E-state index in [1.807, 2.05) is 39.0 Å². The minimum absolute atomic E-state index is 0.167. The lowest BCUT2D eigenvalue weighted by Gasteiger charge is -2.43. The fourth-order valence-corrected chi connectivity index (χ4v) is 3.67. The predicted molar refractivity (Wildman–Crippen MR) is 94.7 cm³/mol. The summed E-state index contributed by atoms with van der Waals surface area (Å²) in [7, 11) is 0. The number of carbonyl (C=O) groups is 1. The summed E-state index contributed by atoms with van der Waals surface area (Å²) in [6.07, 6.45) is 0.846. The van der Waals surface area contributed by atoms with Crippen LogP contribution in [0, 0.1) is 0 Å². The van der Waals surface area contributed by atoms with E-state index in [-0.39, 0.29) is 12.6 Å². The number of carbonyl (C=O) groups excluding carboxylic acids is 1. The van der Waals surface area contributed by atoms with Crippen LogP contribution in [0.1, 0.15) is 52.1 Å². The van der Waals surface area contributed by atoms with Gasteiger partial charge < -0.3 is 9.84 Å². The molecule has 23 heavy (non-hydrogen) atoms. The van der Waals surface area contributed by atoms with Crippen LogP contribution in [0.2, 0.25) is 5.02 Å². The minimum Gasteiger partial charge on any atom is -0.444 e. The quantitative estimate of drug-likeness (QED) is 0.722. The van der Waals surface area contributed by atoms with Crippen molar-refractivity contribution in [2.75, 3.05) is 6.54 Å². The number of likely N-dealkylation sites (tertiary alicyclic amines) is 1. The van der Waals surface area contributed by atoms with E-state index < -0.39 is 17.3 Å². The number of halogens is 2. The van der Waals surface area contributed by atoms with Crippen molar-refractivity contribution in [2.24, 2.45) is 0 Å². The third-order valence-electron chi connectivity index (χ3n) is 3.74. The van der Waals surface area contributed by atoms with Gasteiger partial charge in [0.05, 0.1) is 18.2 Å². The summed E-state index contributed by atoms with van der Waals surface area (Å²) in [4.78, 5) is 14.2. The van der Waals surface area contributed by atoms with Crippen LogP contribution in [0.5, 0.6) is 0 Å². The van der Waals surface area contributed by atoms with Crippen molar-refractivity contribution in [2.45, 2.75) is 57.8 Å². The molecular formula is C17H23BrClNO3. The van der Waals surface area contributed by atoms with Crippen molar-refractivity contribution in [3.63, 3.8) is 0 Å². The summed E-state index contributed by atoms with van der Waals surface area (Å²) in [5.41, 5.74) is -0.561. The molecule has 0 bridgehead atoms. The maximum Gasteiger partial charge on any atom is 0.410 e. The molecule has 1 aromatic carbocycles. The van der Waals surface area contributed by atoms with E-state index in [0.717, 1.165) is 10.0 Å². The van der Waals surface area contributed by atoms with Crippen LogP contribution in [0.15, 0.2) is 22.7 Å². The zero-order valence-electron chi connectivity index (χ0n) is 13.9. The maximum absolute atomic E-state index is 12.6. The van der Waals surface area contributed by atoms with Gasteiger partial charge in [-0.25, -0.2) is 4.79 Å². The number of rotatable bonds is 1. The molecule has 1 heterocycles. The Kier molecular flexibility index (Phi) is 5.34. The first-order chi connectivity index (χ1) is 10.5. The second kappa shape index (κ2) is 6.61. The van der Waals surface area contributed by atoms with Crippen LogP contribution in [0.25, 0.3) is 0 Å². The summed E-state index contributed by atoms with van der Waals surface area (Å²) in [6, 6.07) is 5.45. The Hall–Kier alpha value is -0.780. The molecule has 0 radical (unpaired) electrons. The Morgan fingerprint density at radius 3 is 2.65 bits per heavy atom. The van der Waals surface area contributed by atoms with Crippen LogP contribution in [0.3, 0.4) is 0 Å². The van der Waals surface area contributed by atoms with Gasteiger partial charge in [-0.2, -0.15) is 0 Å². The van der Waals surface area contributed by atoms with Crippen molar-refractivity contribution < 1.29 is 14.6 Å². The number of hydrogen-bond donors (Lipinski definition) is 1. The Bertz CT molecular complexity index is 578. The molecule has 0 aliphatic carbocycles. The molecule has 1 fully saturated rings. The molecule has 128 valence electrons. The summed E-state index contributed by atoms with van der Waals surface area (Å²) >= 11 is 9.58. The highest BCUT2D eigenvalue weighted by Crippen LogP contribution is 2.38. The van der Waals surface area contributed by atoms with Crippen molar-refractivity contribution >= 4 is 33.6 Å². The first kappa shape index (κ1) is 18.6. The SMILES string of the molecule is CC(C)(C)OC(=O)N1C[C@](C)(O)CC[C@H]1c1cc(Cl)cc(Br)c1. The average Bonchev–Trinajstić information content (AvgIpc) is 2.34. The van der Waals surface area contributed by atoms with Crippen molar-refractivity contribution in [3.05, 3.63) is 33.3 Å². The average molecular weight is 405 g/mol. The first-order valence-corrected chi connectivity index (χ1v) is 8.82. The van der Waals surface area contributed by atoms with Gasteiger partial charge in [-0.15, -0.1) is 0 Å². The lowest BCUT2D eigenvalue weighted by atomic mass is 9.87. The summed E-state index contributed by atoms with van der Waals surface area (Å²) in [5, 5.41) is 11.0. The fraction of sp³-hybridized carbons (Fsp3) is 0.588. The number of amides is 1. The molecule has 2 rings (SSSR count). The largest absolute Gasteiger partial charge is 0.444 e. The summed E-state index contributed by atoms with van der Waals surface area (Å²) < 4.78 is 6.38. The van der Waals surface area contributed by atoms with Gasteiger partial charge in [0.1, 0.15) is 5.60 Å². The third kappa shape index (κ3) is 5.10. The lowest BCUT2D eigenvalue weighted by Crippen LogP contribution is -2.51. The topological polar surface area (TPSA) is 49.8 Å². The Morgan fingerprint density at radius 2 is 2.09 bits per heavy atom.